The molecule has 2 aromatic carbocycles. The number of benzene rings is 2. The van der Waals surface area contributed by atoms with Crippen LogP contribution in [-0.2, 0) is 0 Å². The Morgan fingerprint density at radius 1 is 1.05 bits per heavy atom. The number of halogens is 2. The van der Waals surface area contributed by atoms with Gasteiger partial charge in [-0.1, -0.05) is 53.5 Å². The summed E-state index contributed by atoms with van der Waals surface area (Å²) in [7, 11) is 0. The maximum Gasteiger partial charge on any atom is 0.258 e. The van der Waals surface area contributed by atoms with Gasteiger partial charge in [0.1, 0.15) is 0 Å². The molecule has 0 radical (unpaired) electrons. The molecule has 3 rings (SSSR count). The average molecular weight is 334 g/mol. The molecule has 0 bridgehead atoms. The van der Waals surface area contributed by atoms with E-state index in [1.807, 2.05) is 30.3 Å². The van der Waals surface area contributed by atoms with Crippen molar-refractivity contribution in [3.8, 4) is 11.3 Å². The number of hydrogen-bond donors (Lipinski definition) is 1. The van der Waals surface area contributed by atoms with E-state index in [1.165, 1.54) is 12.1 Å². The zero-order chi connectivity index (χ0) is 15.5. The molecule has 0 saturated heterocycles. The Morgan fingerprint density at radius 3 is 2.55 bits per heavy atom. The van der Waals surface area contributed by atoms with E-state index >= 15 is 0 Å². The highest BCUT2D eigenvalue weighted by atomic mass is 35.5. The predicted molar refractivity (Wildman–Crippen MR) is 84.1 cm³/mol. The summed E-state index contributed by atoms with van der Waals surface area (Å²) < 4.78 is 4.72. The largest absolute Gasteiger partial charge is 0.302 e. The van der Waals surface area contributed by atoms with Gasteiger partial charge in [-0.15, -0.1) is 0 Å². The highest BCUT2D eigenvalue weighted by Crippen LogP contribution is 2.26. The van der Waals surface area contributed by atoms with Gasteiger partial charge in [-0.3, -0.25) is 4.79 Å². The van der Waals surface area contributed by atoms with Gasteiger partial charge in [0, 0.05) is 10.6 Å². The van der Waals surface area contributed by atoms with Gasteiger partial charge in [-0.2, -0.15) is 0 Å². The van der Waals surface area contributed by atoms with Crippen LogP contribution in [-0.4, -0.2) is 16.2 Å². The molecule has 0 spiro atoms. The Hall–Kier alpha value is -2.37. The molecular weight excluding hydrogens is 325 g/mol. The number of nitrogens with zero attached hydrogens (tertiary/aromatic N) is 2. The fourth-order valence-electron chi connectivity index (χ4n) is 1.90. The molecule has 5 nitrogen and oxygen atoms in total. The first-order valence-corrected chi connectivity index (χ1v) is 7.05. The standard InChI is InChI=1S/C15H9Cl2N3O2/c16-10-6-7-11(12(17)8-10)15(21)18-14-13(19-22-20-14)9-4-2-1-3-5-9/h1-8H,(H,18,20,21). The number of aromatic nitrogens is 2. The molecule has 7 heteroatoms. The second-order valence-corrected chi connectivity index (χ2v) is 5.25. The third-order valence-corrected chi connectivity index (χ3v) is 3.49. The van der Waals surface area contributed by atoms with Crippen molar-refractivity contribution in [2.75, 3.05) is 5.32 Å². The Kier molecular flexibility index (Phi) is 4.09. The highest BCUT2D eigenvalue weighted by Gasteiger charge is 2.17. The third-order valence-electron chi connectivity index (χ3n) is 2.94. The molecule has 0 aliphatic rings. The second-order valence-electron chi connectivity index (χ2n) is 4.41. The van der Waals surface area contributed by atoms with Crippen LogP contribution < -0.4 is 5.32 Å². The first kappa shape index (κ1) is 14.6. The smallest absolute Gasteiger partial charge is 0.258 e. The summed E-state index contributed by atoms with van der Waals surface area (Å²) in [5.41, 5.74) is 1.51. The fourth-order valence-corrected chi connectivity index (χ4v) is 2.40. The van der Waals surface area contributed by atoms with E-state index in [4.69, 9.17) is 27.8 Å². The summed E-state index contributed by atoms with van der Waals surface area (Å²) in [5, 5.41) is 10.9. The van der Waals surface area contributed by atoms with E-state index in [1.54, 1.807) is 6.07 Å². The molecule has 1 N–H and O–H groups in total. The molecule has 1 heterocycles. The van der Waals surface area contributed by atoms with Crippen molar-refractivity contribution >= 4 is 34.9 Å². The molecule has 22 heavy (non-hydrogen) atoms. The summed E-state index contributed by atoms with van der Waals surface area (Å²) in [6.45, 7) is 0. The molecule has 0 fully saturated rings. The van der Waals surface area contributed by atoms with Crippen LogP contribution in [0.3, 0.4) is 0 Å². The van der Waals surface area contributed by atoms with Gasteiger partial charge in [0.05, 0.1) is 10.6 Å². The molecule has 110 valence electrons. The number of hydrogen-bond acceptors (Lipinski definition) is 4. The highest BCUT2D eigenvalue weighted by molar-refractivity contribution is 6.37. The summed E-state index contributed by atoms with van der Waals surface area (Å²) in [5.74, 6) is -0.197. The molecule has 0 atom stereocenters. The van der Waals surface area contributed by atoms with Crippen LogP contribution in [0.1, 0.15) is 10.4 Å². The molecule has 1 aromatic heterocycles. The van der Waals surface area contributed by atoms with Crippen LogP contribution in [0.2, 0.25) is 10.0 Å². The monoisotopic (exact) mass is 333 g/mol. The van der Waals surface area contributed by atoms with E-state index in [2.05, 4.69) is 15.6 Å². The van der Waals surface area contributed by atoms with Crippen molar-refractivity contribution in [2.24, 2.45) is 0 Å². The van der Waals surface area contributed by atoms with Crippen LogP contribution in [0.5, 0.6) is 0 Å². The van der Waals surface area contributed by atoms with Crippen LogP contribution in [0.25, 0.3) is 11.3 Å². The van der Waals surface area contributed by atoms with Crippen LogP contribution >= 0.6 is 23.2 Å². The second kappa shape index (κ2) is 6.17. The van der Waals surface area contributed by atoms with Gasteiger partial charge < -0.3 is 5.32 Å². The van der Waals surface area contributed by atoms with Gasteiger partial charge in [-0.05, 0) is 28.5 Å². The quantitative estimate of drug-likeness (QED) is 0.776. The van der Waals surface area contributed by atoms with Crippen molar-refractivity contribution in [1.82, 2.24) is 10.3 Å². The number of amides is 1. The van der Waals surface area contributed by atoms with Gasteiger partial charge in [-0.25, -0.2) is 4.63 Å². The molecule has 0 aliphatic carbocycles. The van der Waals surface area contributed by atoms with E-state index in [-0.39, 0.29) is 16.4 Å². The Labute approximate surface area is 135 Å². The summed E-state index contributed by atoms with van der Waals surface area (Å²) in [6, 6.07) is 13.9. The lowest BCUT2D eigenvalue weighted by atomic mass is 10.1. The number of anilines is 1. The van der Waals surface area contributed by atoms with Gasteiger partial charge in [0.2, 0.25) is 5.82 Å². The first-order valence-electron chi connectivity index (χ1n) is 6.29. The normalized spacial score (nSPS) is 10.5. The predicted octanol–water partition coefficient (Wildman–Crippen LogP) is 4.30. The zero-order valence-electron chi connectivity index (χ0n) is 11.1. The summed E-state index contributed by atoms with van der Waals surface area (Å²) >= 11 is 11.8. The molecule has 0 aliphatic heterocycles. The van der Waals surface area contributed by atoms with E-state index in [0.29, 0.717) is 10.7 Å². The summed E-state index contributed by atoms with van der Waals surface area (Å²) in [4.78, 5) is 12.3. The number of carbonyl (C=O) groups excluding carboxylic acids is 1. The Bertz CT molecular complexity index is 819. The summed E-state index contributed by atoms with van der Waals surface area (Å²) in [6.07, 6.45) is 0. The Morgan fingerprint density at radius 2 is 1.82 bits per heavy atom. The molecule has 0 unspecified atom stereocenters. The third kappa shape index (κ3) is 2.95. The van der Waals surface area contributed by atoms with E-state index in [0.717, 1.165) is 5.56 Å². The van der Waals surface area contributed by atoms with Gasteiger partial charge in [0.15, 0.2) is 5.69 Å². The first-order chi connectivity index (χ1) is 10.6. The fraction of sp³-hybridized carbons (Fsp3) is 0. The van der Waals surface area contributed by atoms with Gasteiger partial charge in [0.25, 0.3) is 5.91 Å². The van der Waals surface area contributed by atoms with Gasteiger partial charge >= 0.3 is 0 Å². The lowest BCUT2D eigenvalue weighted by Crippen LogP contribution is -2.13. The van der Waals surface area contributed by atoms with Crippen molar-refractivity contribution in [3.63, 3.8) is 0 Å². The van der Waals surface area contributed by atoms with Crippen LogP contribution in [0, 0.1) is 0 Å². The minimum absolute atomic E-state index is 0.224. The lowest BCUT2D eigenvalue weighted by molar-refractivity contribution is 0.102. The average Bonchev–Trinajstić information content (AvgIpc) is 2.96. The maximum absolute atomic E-state index is 12.3. The van der Waals surface area contributed by atoms with Crippen LogP contribution in [0.4, 0.5) is 5.82 Å². The Balaban J connectivity index is 1.88. The molecule has 3 aromatic rings. The SMILES string of the molecule is O=C(Nc1nonc1-c1ccccc1)c1ccc(Cl)cc1Cl. The number of carbonyl (C=O) groups is 1. The number of nitrogens with one attached hydrogen (secondary N) is 1. The van der Waals surface area contributed by atoms with Crippen molar-refractivity contribution in [2.45, 2.75) is 0 Å². The minimum atomic E-state index is -0.422. The lowest BCUT2D eigenvalue weighted by Gasteiger charge is -2.05. The maximum atomic E-state index is 12.3. The van der Waals surface area contributed by atoms with Crippen molar-refractivity contribution in [1.29, 1.82) is 0 Å². The zero-order valence-corrected chi connectivity index (χ0v) is 12.6. The van der Waals surface area contributed by atoms with Crippen molar-refractivity contribution in [3.05, 3.63) is 64.1 Å². The molecular formula is C15H9Cl2N3O2. The molecule has 0 saturated carbocycles. The molecule has 1 amide bonds. The van der Waals surface area contributed by atoms with E-state index in [9.17, 15) is 4.79 Å². The van der Waals surface area contributed by atoms with E-state index < -0.39 is 5.91 Å². The number of rotatable bonds is 3. The topological polar surface area (TPSA) is 68.0 Å². The van der Waals surface area contributed by atoms with Crippen molar-refractivity contribution < 1.29 is 9.42 Å². The van der Waals surface area contributed by atoms with Crippen LogP contribution in [0.15, 0.2) is 53.2 Å². The minimum Gasteiger partial charge on any atom is -0.302 e.